The molecule has 0 aliphatic heterocycles. The van der Waals surface area contributed by atoms with Crippen molar-refractivity contribution in [1.82, 2.24) is 10.3 Å². The van der Waals surface area contributed by atoms with Crippen molar-refractivity contribution < 1.29 is 18.3 Å². The molecule has 2 aromatic heterocycles. The molecule has 2 aromatic carbocycles. The number of halogens is 2. The maximum Gasteiger partial charge on any atom is 0.264 e. The molecule has 6 nitrogen and oxygen atoms in total. The van der Waals surface area contributed by atoms with Gasteiger partial charge in [0.15, 0.2) is 11.6 Å². The van der Waals surface area contributed by atoms with E-state index < -0.39 is 28.8 Å². The highest BCUT2D eigenvalue weighted by molar-refractivity contribution is 7.21. The average Bonchev–Trinajstić information content (AvgIpc) is 3.12. The molecule has 0 aliphatic carbocycles. The van der Waals surface area contributed by atoms with E-state index in [2.05, 4.69) is 10.3 Å². The van der Waals surface area contributed by atoms with Gasteiger partial charge < -0.3 is 10.1 Å². The second-order valence-corrected chi connectivity index (χ2v) is 9.36. The Morgan fingerprint density at radius 2 is 1.70 bits per heavy atom. The van der Waals surface area contributed by atoms with E-state index in [9.17, 15) is 4.79 Å². The first-order chi connectivity index (χ1) is 15.6. The number of rotatable bonds is 5. The standard InChI is InChI=1S/C24H22F2N4O2S/c1-24(2,3)29-22(31)21-19(16-10-7-11-28-23(16)33-21)30(27)20-17(25)12-15(13-18(20)26)32-14-8-5-4-6-9-14/h4-13H,27H2,1-3H3,(H,29,31). The molecule has 0 spiro atoms. The summed E-state index contributed by atoms with van der Waals surface area (Å²) in [5.41, 5.74) is -0.868. The Labute approximate surface area is 193 Å². The Morgan fingerprint density at radius 1 is 1.03 bits per heavy atom. The van der Waals surface area contributed by atoms with Crippen molar-refractivity contribution in [3.63, 3.8) is 0 Å². The minimum absolute atomic E-state index is 0.0177. The predicted octanol–water partition coefficient (Wildman–Crippen LogP) is 5.91. The van der Waals surface area contributed by atoms with Crippen LogP contribution in [0.5, 0.6) is 11.5 Å². The summed E-state index contributed by atoms with van der Waals surface area (Å²) in [6, 6.07) is 14.1. The van der Waals surface area contributed by atoms with Crippen molar-refractivity contribution >= 4 is 38.8 Å². The molecule has 0 saturated heterocycles. The first-order valence-electron chi connectivity index (χ1n) is 10.1. The molecule has 2 heterocycles. The molecule has 0 unspecified atom stereocenters. The highest BCUT2D eigenvalue weighted by Crippen LogP contribution is 2.41. The number of ether oxygens (including phenoxy) is 1. The van der Waals surface area contributed by atoms with Gasteiger partial charge in [0.05, 0.1) is 5.69 Å². The number of anilines is 2. The highest BCUT2D eigenvalue weighted by Gasteiger charge is 2.28. The molecule has 9 heteroatoms. The van der Waals surface area contributed by atoms with E-state index >= 15 is 8.78 Å². The van der Waals surface area contributed by atoms with Crippen LogP contribution in [0, 0.1) is 11.6 Å². The summed E-state index contributed by atoms with van der Waals surface area (Å²) >= 11 is 1.10. The van der Waals surface area contributed by atoms with Gasteiger partial charge in [0.2, 0.25) is 0 Å². The summed E-state index contributed by atoms with van der Waals surface area (Å²) in [5, 5.41) is 4.23. The molecule has 4 rings (SSSR count). The molecule has 170 valence electrons. The molecule has 0 fully saturated rings. The fourth-order valence-corrected chi connectivity index (χ4v) is 4.31. The fourth-order valence-electron chi connectivity index (χ4n) is 3.28. The molecule has 4 aromatic rings. The lowest BCUT2D eigenvalue weighted by Crippen LogP contribution is -2.41. The quantitative estimate of drug-likeness (QED) is 0.281. The Kier molecular flexibility index (Phi) is 6.01. The topological polar surface area (TPSA) is 80.5 Å². The summed E-state index contributed by atoms with van der Waals surface area (Å²) in [6.45, 7) is 5.50. The number of hydrogen-bond acceptors (Lipinski definition) is 6. The summed E-state index contributed by atoms with van der Waals surface area (Å²) in [5.74, 6) is 4.37. The number of nitrogens with zero attached hydrogens (tertiary/aromatic N) is 2. The predicted molar refractivity (Wildman–Crippen MR) is 126 cm³/mol. The van der Waals surface area contributed by atoms with Crippen molar-refractivity contribution in [3.8, 4) is 11.5 Å². The van der Waals surface area contributed by atoms with Gasteiger partial charge >= 0.3 is 0 Å². The van der Waals surface area contributed by atoms with E-state index in [1.54, 1.807) is 48.7 Å². The number of amides is 1. The molecular weight excluding hydrogens is 446 g/mol. The molecule has 0 atom stereocenters. The van der Waals surface area contributed by atoms with Crippen LogP contribution in [-0.4, -0.2) is 16.4 Å². The van der Waals surface area contributed by atoms with Crippen molar-refractivity contribution in [2.45, 2.75) is 26.3 Å². The number of aromatic nitrogens is 1. The van der Waals surface area contributed by atoms with Crippen LogP contribution in [0.4, 0.5) is 20.2 Å². The number of benzene rings is 2. The molecule has 0 radical (unpaired) electrons. The number of carbonyl (C=O) groups excluding carboxylic acids is 1. The highest BCUT2D eigenvalue weighted by atomic mass is 32.1. The number of thiophene rings is 1. The van der Waals surface area contributed by atoms with Crippen LogP contribution in [-0.2, 0) is 0 Å². The van der Waals surface area contributed by atoms with E-state index in [4.69, 9.17) is 10.6 Å². The zero-order chi connectivity index (χ0) is 23.8. The third-order valence-electron chi connectivity index (χ3n) is 4.59. The first kappa shape index (κ1) is 22.6. The van der Waals surface area contributed by atoms with Gasteiger partial charge in [0.1, 0.15) is 26.9 Å². The van der Waals surface area contributed by atoms with Crippen molar-refractivity contribution in [2.24, 2.45) is 5.84 Å². The lowest BCUT2D eigenvalue weighted by atomic mass is 10.1. The number of pyridine rings is 1. The molecule has 0 aliphatic rings. The summed E-state index contributed by atoms with van der Waals surface area (Å²) in [6.07, 6.45) is 1.58. The van der Waals surface area contributed by atoms with E-state index in [-0.39, 0.29) is 16.3 Å². The molecule has 33 heavy (non-hydrogen) atoms. The maximum absolute atomic E-state index is 15.1. The lowest BCUT2D eigenvalue weighted by molar-refractivity contribution is 0.0924. The zero-order valence-electron chi connectivity index (χ0n) is 18.2. The summed E-state index contributed by atoms with van der Waals surface area (Å²) in [7, 11) is 0. The molecule has 3 N–H and O–H groups in total. The Hall–Kier alpha value is -3.56. The lowest BCUT2D eigenvalue weighted by Gasteiger charge is -2.24. The van der Waals surface area contributed by atoms with Gasteiger partial charge in [-0.2, -0.15) is 0 Å². The number of hydrogen-bond donors (Lipinski definition) is 2. The van der Waals surface area contributed by atoms with Gasteiger partial charge in [-0.05, 0) is 45.0 Å². The van der Waals surface area contributed by atoms with Gasteiger partial charge in [0, 0.05) is 29.3 Å². The number of para-hydroxylation sites is 1. The van der Waals surface area contributed by atoms with E-state index in [1.165, 1.54) is 0 Å². The molecule has 0 saturated carbocycles. The monoisotopic (exact) mass is 468 g/mol. The van der Waals surface area contributed by atoms with Crippen LogP contribution in [0.3, 0.4) is 0 Å². The van der Waals surface area contributed by atoms with Crippen LogP contribution >= 0.6 is 11.3 Å². The molecule has 1 amide bonds. The minimum Gasteiger partial charge on any atom is -0.457 e. The van der Waals surface area contributed by atoms with Crippen LogP contribution in [0.2, 0.25) is 0 Å². The van der Waals surface area contributed by atoms with Crippen molar-refractivity contribution in [2.75, 3.05) is 5.01 Å². The van der Waals surface area contributed by atoms with Crippen LogP contribution in [0.25, 0.3) is 10.2 Å². The largest absolute Gasteiger partial charge is 0.457 e. The minimum atomic E-state index is -0.936. The smallest absolute Gasteiger partial charge is 0.264 e. The average molecular weight is 469 g/mol. The van der Waals surface area contributed by atoms with Crippen molar-refractivity contribution in [3.05, 3.63) is 77.3 Å². The first-order valence-corrected chi connectivity index (χ1v) is 10.9. The summed E-state index contributed by atoms with van der Waals surface area (Å²) < 4.78 is 35.8. The van der Waals surface area contributed by atoms with Crippen LogP contribution in [0.1, 0.15) is 30.4 Å². The molecular formula is C24H22F2N4O2S. The third kappa shape index (κ3) is 4.79. The van der Waals surface area contributed by atoms with Gasteiger partial charge in [-0.25, -0.2) is 19.6 Å². The summed E-state index contributed by atoms with van der Waals surface area (Å²) in [4.78, 5) is 18.0. The second-order valence-electron chi connectivity index (χ2n) is 8.36. The van der Waals surface area contributed by atoms with Gasteiger partial charge in [-0.1, -0.05) is 18.2 Å². The van der Waals surface area contributed by atoms with E-state index in [0.29, 0.717) is 16.0 Å². The number of fused-ring (bicyclic) bond motifs is 1. The normalized spacial score (nSPS) is 11.5. The van der Waals surface area contributed by atoms with Gasteiger partial charge in [-0.3, -0.25) is 9.80 Å². The SMILES string of the molecule is CC(C)(C)NC(=O)c1sc2ncccc2c1N(N)c1c(F)cc(Oc2ccccc2)cc1F. The van der Waals surface area contributed by atoms with Gasteiger partial charge in [-0.15, -0.1) is 11.3 Å². The number of carbonyl (C=O) groups is 1. The fraction of sp³-hybridized carbons (Fsp3) is 0.167. The number of hydrazine groups is 1. The van der Waals surface area contributed by atoms with Gasteiger partial charge in [0.25, 0.3) is 5.91 Å². The third-order valence-corrected chi connectivity index (χ3v) is 5.69. The van der Waals surface area contributed by atoms with E-state index in [1.807, 2.05) is 20.8 Å². The zero-order valence-corrected chi connectivity index (χ0v) is 19.0. The Balaban J connectivity index is 1.77. The Morgan fingerprint density at radius 3 is 2.33 bits per heavy atom. The maximum atomic E-state index is 15.1. The van der Waals surface area contributed by atoms with E-state index in [0.717, 1.165) is 28.5 Å². The van der Waals surface area contributed by atoms with Crippen LogP contribution < -0.4 is 20.9 Å². The number of nitrogens with one attached hydrogen (secondary N) is 1. The number of nitrogens with two attached hydrogens (primary N) is 1. The van der Waals surface area contributed by atoms with Crippen molar-refractivity contribution in [1.29, 1.82) is 0 Å². The Bertz CT molecular complexity index is 1300. The van der Waals surface area contributed by atoms with Crippen LogP contribution in [0.15, 0.2) is 60.8 Å². The second kappa shape index (κ2) is 8.76. The molecule has 0 bridgehead atoms.